The van der Waals surface area contributed by atoms with Gasteiger partial charge in [0.2, 0.25) is 5.91 Å². The molecule has 0 aromatic carbocycles. The van der Waals surface area contributed by atoms with Gasteiger partial charge in [0.05, 0.1) is 6.61 Å². The maximum atomic E-state index is 12.6. The monoisotopic (exact) mass is 480 g/mol. The van der Waals surface area contributed by atoms with Crippen molar-refractivity contribution >= 4 is 35.8 Å². The molecule has 7 heteroatoms. The van der Waals surface area contributed by atoms with Gasteiger partial charge in [-0.2, -0.15) is 0 Å². The Morgan fingerprint density at radius 1 is 1.19 bits per heavy atom. The van der Waals surface area contributed by atoms with Crippen molar-refractivity contribution in [2.45, 2.75) is 64.3 Å². The van der Waals surface area contributed by atoms with Gasteiger partial charge >= 0.3 is 0 Å². The van der Waals surface area contributed by atoms with Crippen molar-refractivity contribution in [1.29, 1.82) is 0 Å². The van der Waals surface area contributed by atoms with Gasteiger partial charge in [-0.15, -0.1) is 24.0 Å². The van der Waals surface area contributed by atoms with E-state index in [1.807, 2.05) is 0 Å². The van der Waals surface area contributed by atoms with Crippen LogP contribution in [-0.4, -0.2) is 62.7 Å². The maximum absolute atomic E-state index is 12.6. The number of ether oxygens (including phenoxy) is 1. The zero-order valence-electron chi connectivity index (χ0n) is 16.5. The molecule has 1 atom stereocenters. The predicted molar refractivity (Wildman–Crippen MR) is 117 cm³/mol. The molecule has 1 saturated carbocycles. The van der Waals surface area contributed by atoms with Crippen molar-refractivity contribution in [3.63, 3.8) is 0 Å². The fourth-order valence-corrected chi connectivity index (χ4v) is 3.66. The minimum absolute atomic E-state index is 0. The molecule has 1 saturated heterocycles. The van der Waals surface area contributed by atoms with E-state index in [1.165, 1.54) is 19.3 Å². The van der Waals surface area contributed by atoms with Gasteiger partial charge in [-0.3, -0.25) is 9.79 Å². The SMILES string of the molecule is CCCCOCCNC(=NC)NC1CCN(C(=O)C2CCCCC2)C1.I. The Bertz CT molecular complexity index is 428. The third kappa shape index (κ3) is 7.98. The molecule has 0 bridgehead atoms. The van der Waals surface area contributed by atoms with Gasteiger partial charge < -0.3 is 20.3 Å². The highest BCUT2D eigenvalue weighted by molar-refractivity contribution is 14.0. The molecule has 2 aliphatic rings. The molecule has 26 heavy (non-hydrogen) atoms. The molecule has 2 fully saturated rings. The lowest BCUT2D eigenvalue weighted by Gasteiger charge is -2.26. The van der Waals surface area contributed by atoms with Crippen LogP contribution in [0.4, 0.5) is 0 Å². The fraction of sp³-hybridized carbons (Fsp3) is 0.895. The molecule has 0 aromatic rings. The Hall–Kier alpha value is -0.570. The standard InChI is InChI=1S/C19H36N4O2.HI/c1-3-4-13-25-14-11-21-19(20-2)22-17-10-12-23(15-17)18(24)16-8-6-5-7-9-16;/h16-17H,3-15H2,1-2H3,(H2,20,21,22);1H. The van der Waals surface area contributed by atoms with Gasteiger partial charge in [0.25, 0.3) is 0 Å². The summed E-state index contributed by atoms with van der Waals surface area (Å²) in [5.41, 5.74) is 0. The largest absolute Gasteiger partial charge is 0.380 e. The van der Waals surface area contributed by atoms with Crippen LogP contribution in [-0.2, 0) is 9.53 Å². The first-order valence-corrected chi connectivity index (χ1v) is 10.1. The summed E-state index contributed by atoms with van der Waals surface area (Å²) < 4.78 is 5.56. The van der Waals surface area contributed by atoms with Crippen LogP contribution in [0.5, 0.6) is 0 Å². The zero-order valence-corrected chi connectivity index (χ0v) is 18.8. The summed E-state index contributed by atoms with van der Waals surface area (Å²) in [4.78, 5) is 19.0. The summed E-state index contributed by atoms with van der Waals surface area (Å²) in [6, 6.07) is 0.291. The first-order valence-electron chi connectivity index (χ1n) is 10.1. The van der Waals surface area contributed by atoms with E-state index in [1.54, 1.807) is 7.05 Å². The summed E-state index contributed by atoms with van der Waals surface area (Å²) >= 11 is 0. The van der Waals surface area contributed by atoms with Gasteiger partial charge in [-0.25, -0.2) is 0 Å². The maximum Gasteiger partial charge on any atom is 0.225 e. The predicted octanol–water partition coefficient (Wildman–Crippen LogP) is 2.77. The number of halogens is 1. The Morgan fingerprint density at radius 2 is 1.96 bits per heavy atom. The third-order valence-corrected chi connectivity index (χ3v) is 5.20. The number of amides is 1. The molecule has 0 aromatic heterocycles. The van der Waals surface area contributed by atoms with Crippen LogP contribution in [0, 0.1) is 5.92 Å². The van der Waals surface area contributed by atoms with Gasteiger partial charge in [0.15, 0.2) is 5.96 Å². The third-order valence-electron chi connectivity index (χ3n) is 5.20. The fourth-order valence-electron chi connectivity index (χ4n) is 3.66. The lowest BCUT2D eigenvalue weighted by Crippen LogP contribution is -2.46. The molecule has 1 unspecified atom stereocenters. The van der Waals surface area contributed by atoms with E-state index in [9.17, 15) is 4.79 Å². The molecule has 2 N–H and O–H groups in total. The van der Waals surface area contributed by atoms with Gasteiger partial charge in [-0.05, 0) is 25.7 Å². The number of nitrogens with one attached hydrogen (secondary N) is 2. The molecule has 2 rings (SSSR count). The van der Waals surface area contributed by atoms with Crippen molar-refractivity contribution in [2.24, 2.45) is 10.9 Å². The zero-order chi connectivity index (χ0) is 17.9. The summed E-state index contributed by atoms with van der Waals surface area (Å²) in [5, 5.41) is 6.74. The number of hydrogen-bond donors (Lipinski definition) is 2. The lowest BCUT2D eigenvalue weighted by molar-refractivity contribution is -0.135. The van der Waals surface area contributed by atoms with Crippen LogP contribution in [0.1, 0.15) is 58.3 Å². The molecular formula is C19H37IN4O2. The quantitative estimate of drug-likeness (QED) is 0.243. The highest BCUT2D eigenvalue weighted by Crippen LogP contribution is 2.26. The topological polar surface area (TPSA) is 66.0 Å². The molecule has 0 spiro atoms. The van der Waals surface area contributed by atoms with Gasteiger partial charge in [-0.1, -0.05) is 32.6 Å². The highest BCUT2D eigenvalue weighted by atomic mass is 127. The Morgan fingerprint density at radius 3 is 2.65 bits per heavy atom. The molecule has 0 radical (unpaired) electrons. The summed E-state index contributed by atoms with van der Waals surface area (Å²) in [5.74, 6) is 1.44. The van der Waals surface area contributed by atoms with Crippen LogP contribution < -0.4 is 10.6 Å². The van der Waals surface area contributed by atoms with Crippen molar-refractivity contribution in [2.75, 3.05) is 39.9 Å². The number of hydrogen-bond acceptors (Lipinski definition) is 3. The van der Waals surface area contributed by atoms with Gasteiger partial charge in [0.1, 0.15) is 0 Å². The van der Waals surface area contributed by atoms with Gasteiger partial charge in [0, 0.05) is 45.2 Å². The second-order valence-corrected chi connectivity index (χ2v) is 7.21. The first kappa shape index (κ1) is 23.5. The molecule has 1 aliphatic carbocycles. The number of aliphatic imine (C=N–C) groups is 1. The number of carbonyl (C=O) groups is 1. The van der Waals surface area contributed by atoms with E-state index < -0.39 is 0 Å². The number of guanidine groups is 1. The molecular weight excluding hydrogens is 443 g/mol. The van der Waals surface area contributed by atoms with E-state index in [4.69, 9.17) is 4.74 Å². The van der Waals surface area contributed by atoms with Crippen LogP contribution in [0.2, 0.25) is 0 Å². The minimum Gasteiger partial charge on any atom is -0.380 e. The highest BCUT2D eigenvalue weighted by Gasteiger charge is 2.31. The van der Waals surface area contributed by atoms with Crippen molar-refractivity contribution < 1.29 is 9.53 Å². The summed E-state index contributed by atoms with van der Waals surface area (Å²) in [6.07, 6.45) is 9.13. The van der Waals surface area contributed by atoms with Crippen LogP contribution in [0.15, 0.2) is 4.99 Å². The summed E-state index contributed by atoms with van der Waals surface area (Å²) in [6.45, 7) is 6.09. The Balaban J connectivity index is 0.00000338. The van der Waals surface area contributed by atoms with Crippen LogP contribution in [0.25, 0.3) is 0 Å². The van der Waals surface area contributed by atoms with Crippen molar-refractivity contribution in [1.82, 2.24) is 15.5 Å². The second-order valence-electron chi connectivity index (χ2n) is 7.21. The second kappa shape index (κ2) is 13.6. The van der Waals surface area contributed by atoms with Crippen molar-refractivity contribution in [3.8, 4) is 0 Å². The molecule has 152 valence electrons. The molecule has 1 heterocycles. The minimum atomic E-state index is 0. The Kier molecular flexibility index (Phi) is 12.3. The summed E-state index contributed by atoms with van der Waals surface area (Å²) in [7, 11) is 1.78. The molecule has 1 aliphatic heterocycles. The van der Waals surface area contributed by atoms with E-state index in [2.05, 4.69) is 27.4 Å². The number of nitrogens with zero attached hydrogens (tertiary/aromatic N) is 2. The molecule has 6 nitrogen and oxygen atoms in total. The smallest absolute Gasteiger partial charge is 0.225 e. The normalized spacial score (nSPS) is 21.4. The number of rotatable bonds is 8. The van der Waals surface area contributed by atoms with Crippen LogP contribution >= 0.6 is 24.0 Å². The number of carbonyl (C=O) groups excluding carboxylic acids is 1. The van der Waals surface area contributed by atoms with E-state index in [0.717, 1.165) is 64.3 Å². The first-order chi connectivity index (χ1) is 12.2. The lowest BCUT2D eigenvalue weighted by atomic mass is 9.88. The number of unbranched alkanes of at least 4 members (excludes halogenated alkanes) is 1. The number of likely N-dealkylation sites (tertiary alicyclic amines) is 1. The van der Waals surface area contributed by atoms with E-state index >= 15 is 0 Å². The van der Waals surface area contributed by atoms with E-state index in [0.29, 0.717) is 18.6 Å². The van der Waals surface area contributed by atoms with E-state index in [-0.39, 0.29) is 29.9 Å². The Labute approximate surface area is 175 Å². The van der Waals surface area contributed by atoms with Crippen molar-refractivity contribution in [3.05, 3.63) is 0 Å². The molecule has 1 amide bonds. The van der Waals surface area contributed by atoms with Crippen LogP contribution in [0.3, 0.4) is 0 Å². The average molecular weight is 480 g/mol. The average Bonchev–Trinajstić information content (AvgIpc) is 3.12.